The molecule has 0 aliphatic carbocycles. The van der Waals surface area contributed by atoms with Gasteiger partial charge >= 0.3 is 5.97 Å². The lowest BCUT2D eigenvalue weighted by atomic mass is 10.0. The maximum absolute atomic E-state index is 13.1. The van der Waals surface area contributed by atoms with E-state index in [0.717, 1.165) is 0 Å². The van der Waals surface area contributed by atoms with Gasteiger partial charge in [0.05, 0.1) is 6.04 Å². The van der Waals surface area contributed by atoms with Crippen molar-refractivity contribution in [2.45, 2.75) is 83.0 Å². The Morgan fingerprint density at radius 1 is 0.784 bits per heavy atom. The molecule has 0 aromatic heterocycles. The van der Waals surface area contributed by atoms with Crippen molar-refractivity contribution in [1.82, 2.24) is 16.0 Å². The van der Waals surface area contributed by atoms with Gasteiger partial charge in [-0.15, -0.1) is 0 Å². The van der Waals surface area contributed by atoms with Gasteiger partial charge in [-0.3, -0.25) is 24.2 Å². The number of unbranched alkanes of at least 4 members (excludes halogenated alkanes) is 1. The number of hydrogen-bond donors (Lipinski definition) is 9. The van der Waals surface area contributed by atoms with Crippen LogP contribution in [-0.4, -0.2) is 77.9 Å². The van der Waals surface area contributed by atoms with E-state index in [2.05, 4.69) is 20.9 Å². The van der Waals surface area contributed by atoms with Crippen molar-refractivity contribution in [2.75, 3.05) is 13.1 Å². The van der Waals surface area contributed by atoms with E-state index in [-0.39, 0.29) is 44.1 Å². The number of rotatable bonds is 19. The molecule has 0 spiro atoms. The maximum atomic E-state index is 13.1. The van der Waals surface area contributed by atoms with Gasteiger partial charge in [0.15, 0.2) is 5.96 Å². The first-order chi connectivity index (χ1) is 17.3. The number of carbonyl (C=O) groups is 5. The number of aliphatic imine (C=N–C) groups is 1. The lowest BCUT2D eigenvalue weighted by Gasteiger charge is -2.26. The van der Waals surface area contributed by atoms with E-state index in [4.69, 9.17) is 28.7 Å². The van der Waals surface area contributed by atoms with E-state index in [0.29, 0.717) is 25.8 Å². The first-order valence-corrected chi connectivity index (χ1v) is 12.2. The number of amides is 4. The number of guanidine groups is 1. The fourth-order valence-corrected chi connectivity index (χ4v) is 3.19. The lowest BCUT2D eigenvalue weighted by Crippen LogP contribution is -2.57. The monoisotopic (exact) mass is 529 g/mol. The van der Waals surface area contributed by atoms with E-state index in [1.54, 1.807) is 13.8 Å². The van der Waals surface area contributed by atoms with E-state index < -0.39 is 53.8 Å². The van der Waals surface area contributed by atoms with E-state index in [1.807, 2.05) is 0 Å². The van der Waals surface area contributed by atoms with Gasteiger partial charge in [-0.2, -0.15) is 0 Å². The van der Waals surface area contributed by atoms with E-state index >= 15 is 0 Å². The summed E-state index contributed by atoms with van der Waals surface area (Å²) in [5.74, 6) is -4.33. The third kappa shape index (κ3) is 14.6. The Labute approximate surface area is 216 Å². The van der Waals surface area contributed by atoms with Crippen LogP contribution in [0.4, 0.5) is 0 Å². The number of carboxylic acids is 1. The molecule has 0 bridgehead atoms. The minimum atomic E-state index is -1.38. The zero-order valence-corrected chi connectivity index (χ0v) is 21.6. The van der Waals surface area contributed by atoms with E-state index in [1.165, 1.54) is 0 Å². The number of primary amides is 1. The van der Waals surface area contributed by atoms with Crippen molar-refractivity contribution in [2.24, 2.45) is 39.6 Å². The highest BCUT2D eigenvalue weighted by atomic mass is 16.4. The summed E-state index contributed by atoms with van der Waals surface area (Å²) in [4.78, 5) is 65.0. The predicted molar refractivity (Wildman–Crippen MR) is 137 cm³/mol. The lowest BCUT2D eigenvalue weighted by molar-refractivity contribution is -0.142. The van der Waals surface area contributed by atoms with Crippen molar-refractivity contribution in [3.63, 3.8) is 0 Å². The molecule has 0 aliphatic rings. The van der Waals surface area contributed by atoms with Gasteiger partial charge in [-0.25, -0.2) is 4.79 Å². The summed E-state index contributed by atoms with van der Waals surface area (Å²) in [6.07, 6.45) is 1.21. The zero-order chi connectivity index (χ0) is 28.5. The number of carboxylic acid groups (broad SMARTS) is 1. The number of nitrogens with one attached hydrogen (secondary N) is 3. The first kappa shape index (κ1) is 33.5. The van der Waals surface area contributed by atoms with Crippen LogP contribution in [-0.2, 0) is 24.0 Å². The van der Waals surface area contributed by atoms with Crippen LogP contribution >= 0.6 is 0 Å². The van der Waals surface area contributed by atoms with Gasteiger partial charge in [-0.1, -0.05) is 13.8 Å². The summed E-state index contributed by atoms with van der Waals surface area (Å²) < 4.78 is 0. The second-order valence-electron chi connectivity index (χ2n) is 9.03. The number of hydrogen-bond acceptors (Lipinski definition) is 8. The molecule has 0 aromatic rings. The number of nitrogens with zero attached hydrogens (tertiary/aromatic N) is 1. The average Bonchev–Trinajstić information content (AvgIpc) is 2.81. The molecule has 0 heterocycles. The normalized spacial score (nSPS) is 14.1. The van der Waals surface area contributed by atoms with Crippen LogP contribution in [0.2, 0.25) is 0 Å². The highest BCUT2D eigenvalue weighted by molar-refractivity contribution is 5.94. The summed E-state index contributed by atoms with van der Waals surface area (Å²) in [6, 6.07) is -4.42. The number of carbonyl (C=O) groups excluding carboxylic acids is 4. The molecule has 0 radical (unpaired) electrons. The SMILES string of the molecule is CC(C)C(N)C(=O)NC(CCCN=C(N)N)C(=O)NC(CCCCN)C(=O)NC(CCC(N)=O)C(=O)O. The molecular formula is C22H43N9O6. The smallest absolute Gasteiger partial charge is 0.326 e. The molecule has 4 unspecified atom stereocenters. The van der Waals surface area contributed by atoms with Crippen LogP contribution in [0.25, 0.3) is 0 Å². The second kappa shape index (κ2) is 17.9. The van der Waals surface area contributed by atoms with Crippen LogP contribution in [0.3, 0.4) is 0 Å². The number of aliphatic carboxylic acids is 1. The molecule has 4 atom stereocenters. The molecule has 0 saturated heterocycles. The fraction of sp³-hybridized carbons (Fsp3) is 0.727. The molecule has 0 saturated carbocycles. The summed E-state index contributed by atoms with van der Waals surface area (Å²) in [6.45, 7) is 4.08. The Morgan fingerprint density at radius 2 is 1.30 bits per heavy atom. The van der Waals surface area contributed by atoms with Crippen LogP contribution in [0.5, 0.6) is 0 Å². The van der Waals surface area contributed by atoms with Crippen molar-refractivity contribution < 1.29 is 29.1 Å². The largest absolute Gasteiger partial charge is 0.480 e. The van der Waals surface area contributed by atoms with Crippen molar-refractivity contribution in [3.8, 4) is 0 Å². The average molecular weight is 530 g/mol. The minimum absolute atomic E-state index is 0.118. The van der Waals surface area contributed by atoms with Crippen LogP contribution in [0, 0.1) is 5.92 Å². The Balaban J connectivity index is 5.64. The molecule has 4 amide bonds. The highest BCUT2D eigenvalue weighted by Gasteiger charge is 2.30. The van der Waals surface area contributed by atoms with Gasteiger partial charge < -0.3 is 49.7 Å². The fourth-order valence-electron chi connectivity index (χ4n) is 3.19. The zero-order valence-electron chi connectivity index (χ0n) is 21.6. The van der Waals surface area contributed by atoms with Crippen LogP contribution < -0.4 is 44.6 Å². The molecule has 15 nitrogen and oxygen atoms in total. The van der Waals surface area contributed by atoms with Crippen LogP contribution in [0.1, 0.15) is 58.8 Å². The second-order valence-corrected chi connectivity index (χ2v) is 9.03. The van der Waals surface area contributed by atoms with Crippen molar-refractivity contribution in [1.29, 1.82) is 0 Å². The summed E-state index contributed by atoms with van der Waals surface area (Å²) >= 11 is 0. The molecular weight excluding hydrogens is 486 g/mol. The summed E-state index contributed by atoms with van der Waals surface area (Å²) in [5.41, 5.74) is 27.2. The summed E-state index contributed by atoms with van der Waals surface area (Å²) in [7, 11) is 0. The summed E-state index contributed by atoms with van der Waals surface area (Å²) in [5, 5.41) is 16.9. The quantitative estimate of drug-likeness (QED) is 0.0463. The molecule has 212 valence electrons. The van der Waals surface area contributed by atoms with Gasteiger partial charge in [-0.05, 0) is 51.0 Å². The standard InChI is InChI=1S/C22H43N9O6/c1-12(2)17(25)20(35)30-14(7-5-11-28-22(26)27)18(33)29-13(6-3-4-10-23)19(34)31-15(21(36)37)8-9-16(24)32/h12-15,17H,3-11,23,25H2,1-2H3,(H2,24,32)(H,29,33)(H,30,35)(H,31,34)(H,36,37)(H4,26,27,28). The highest BCUT2D eigenvalue weighted by Crippen LogP contribution is 2.07. The molecule has 15 heteroatoms. The Hall–Kier alpha value is -3.46. The number of nitrogens with two attached hydrogens (primary N) is 5. The topological polar surface area (TPSA) is 284 Å². The van der Waals surface area contributed by atoms with Gasteiger partial charge in [0, 0.05) is 13.0 Å². The third-order valence-electron chi connectivity index (χ3n) is 5.47. The Kier molecular flexibility index (Phi) is 16.2. The maximum Gasteiger partial charge on any atom is 0.326 e. The Morgan fingerprint density at radius 3 is 1.76 bits per heavy atom. The minimum Gasteiger partial charge on any atom is -0.480 e. The van der Waals surface area contributed by atoms with Gasteiger partial charge in [0.2, 0.25) is 23.6 Å². The van der Waals surface area contributed by atoms with Crippen molar-refractivity contribution >= 4 is 35.6 Å². The third-order valence-corrected chi connectivity index (χ3v) is 5.47. The molecule has 0 aromatic carbocycles. The molecule has 0 rings (SSSR count). The van der Waals surface area contributed by atoms with Crippen molar-refractivity contribution in [3.05, 3.63) is 0 Å². The molecule has 0 fully saturated rings. The van der Waals surface area contributed by atoms with Gasteiger partial charge in [0.25, 0.3) is 0 Å². The molecule has 0 aliphatic heterocycles. The van der Waals surface area contributed by atoms with Crippen LogP contribution in [0.15, 0.2) is 4.99 Å². The predicted octanol–water partition coefficient (Wildman–Crippen LogP) is -3.04. The van der Waals surface area contributed by atoms with Gasteiger partial charge in [0.1, 0.15) is 18.1 Å². The first-order valence-electron chi connectivity index (χ1n) is 12.2. The van der Waals surface area contributed by atoms with E-state index in [9.17, 15) is 29.1 Å². The molecule has 14 N–H and O–H groups in total. The Bertz CT molecular complexity index is 802. The molecule has 37 heavy (non-hydrogen) atoms.